The van der Waals surface area contributed by atoms with Gasteiger partial charge < -0.3 is 10.4 Å². The lowest BCUT2D eigenvalue weighted by atomic mass is 10.3. The van der Waals surface area contributed by atoms with Crippen LogP contribution in [0.25, 0.3) is 10.6 Å². The Kier molecular flexibility index (Phi) is 3.46. The number of aryl methyl sites for hydroxylation is 1. The van der Waals surface area contributed by atoms with Crippen LogP contribution in [0.3, 0.4) is 0 Å². The van der Waals surface area contributed by atoms with Crippen molar-refractivity contribution in [3.05, 3.63) is 47.2 Å². The molecule has 3 aromatic rings. The third kappa shape index (κ3) is 3.03. The molecule has 0 radical (unpaired) electrons. The van der Waals surface area contributed by atoms with Gasteiger partial charge >= 0.3 is 0 Å². The van der Waals surface area contributed by atoms with Crippen molar-refractivity contribution in [2.24, 2.45) is 0 Å². The zero-order chi connectivity index (χ0) is 15.8. The van der Waals surface area contributed by atoms with Gasteiger partial charge in [0.25, 0.3) is 0 Å². The van der Waals surface area contributed by atoms with E-state index in [1.54, 1.807) is 35.7 Å². The number of nitrogens with one attached hydrogen (secondary N) is 1. The molecule has 1 aliphatic rings. The predicted molar refractivity (Wildman–Crippen MR) is 91.2 cm³/mol. The molecule has 1 saturated carbocycles. The number of aromatic hydroxyl groups is 1. The second kappa shape index (κ2) is 5.62. The number of thiazole rings is 1. The summed E-state index contributed by atoms with van der Waals surface area (Å²) in [5.74, 6) is 1.37. The number of hydrogen-bond donors (Lipinski definition) is 2. The van der Waals surface area contributed by atoms with E-state index in [-0.39, 0.29) is 5.75 Å². The second-order valence-electron chi connectivity index (χ2n) is 5.68. The minimum absolute atomic E-state index is 0.207. The molecule has 1 aromatic carbocycles. The number of hydrogen-bond acceptors (Lipinski definition) is 6. The van der Waals surface area contributed by atoms with Gasteiger partial charge in [0.1, 0.15) is 5.75 Å². The molecule has 0 atom stereocenters. The van der Waals surface area contributed by atoms with Crippen molar-refractivity contribution in [2.75, 3.05) is 5.32 Å². The number of anilines is 2. The number of aromatic nitrogens is 3. The Morgan fingerprint density at radius 1 is 1.22 bits per heavy atom. The first kappa shape index (κ1) is 14.1. The number of phenols is 1. The molecule has 2 heterocycles. The normalized spacial score (nSPS) is 14.0. The summed E-state index contributed by atoms with van der Waals surface area (Å²) in [6, 6.07) is 8.81. The minimum Gasteiger partial charge on any atom is -0.508 e. The molecule has 6 heteroatoms. The Balaban J connectivity index is 1.63. The average Bonchev–Trinajstić information content (AvgIpc) is 3.30. The highest BCUT2D eigenvalue weighted by atomic mass is 32.1. The van der Waals surface area contributed by atoms with Gasteiger partial charge in [0.15, 0.2) is 0 Å². The van der Waals surface area contributed by atoms with E-state index in [1.165, 1.54) is 17.8 Å². The lowest BCUT2D eigenvalue weighted by Gasteiger charge is -2.06. The molecule has 1 fully saturated rings. The Hall–Kier alpha value is -2.47. The van der Waals surface area contributed by atoms with Crippen molar-refractivity contribution in [1.82, 2.24) is 15.0 Å². The van der Waals surface area contributed by atoms with Crippen molar-refractivity contribution in [3.63, 3.8) is 0 Å². The van der Waals surface area contributed by atoms with Gasteiger partial charge in [-0.1, -0.05) is 6.07 Å². The number of nitrogens with zero attached hydrogens (tertiary/aromatic N) is 3. The summed E-state index contributed by atoms with van der Waals surface area (Å²) in [6.45, 7) is 2.03. The van der Waals surface area contributed by atoms with E-state index in [2.05, 4.69) is 20.3 Å². The first-order valence-electron chi connectivity index (χ1n) is 7.56. The molecule has 116 valence electrons. The first-order chi connectivity index (χ1) is 11.2. The highest BCUT2D eigenvalue weighted by Crippen LogP contribution is 2.44. The maximum atomic E-state index is 9.53. The van der Waals surface area contributed by atoms with Crippen LogP contribution in [0.15, 0.2) is 36.5 Å². The van der Waals surface area contributed by atoms with E-state index in [9.17, 15) is 5.11 Å². The molecule has 23 heavy (non-hydrogen) atoms. The van der Waals surface area contributed by atoms with Crippen LogP contribution >= 0.6 is 11.3 Å². The molecular weight excluding hydrogens is 308 g/mol. The average molecular weight is 324 g/mol. The molecule has 2 aromatic heterocycles. The molecule has 0 amide bonds. The predicted octanol–water partition coefficient (Wildman–Crippen LogP) is 4.24. The quantitative estimate of drug-likeness (QED) is 0.751. The Morgan fingerprint density at radius 3 is 2.87 bits per heavy atom. The number of rotatable bonds is 4. The number of benzene rings is 1. The zero-order valence-electron chi connectivity index (χ0n) is 12.7. The van der Waals surface area contributed by atoms with E-state index >= 15 is 0 Å². The maximum absolute atomic E-state index is 9.53. The van der Waals surface area contributed by atoms with Crippen molar-refractivity contribution >= 4 is 23.0 Å². The fraction of sp³-hybridized carbons (Fsp3) is 0.235. The summed E-state index contributed by atoms with van der Waals surface area (Å²) < 4.78 is 0. The Morgan fingerprint density at radius 2 is 2.09 bits per heavy atom. The molecule has 2 N–H and O–H groups in total. The van der Waals surface area contributed by atoms with Crippen molar-refractivity contribution in [3.8, 4) is 16.3 Å². The standard InChI is InChI=1S/C17H16N4OS/c1-10-15(23-16(19-10)11-5-6-11)14-7-8-18-17(21-14)20-12-3-2-4-13(22)9-12/h2-4,7-9,11,22H,5-6H2,1H3,(H,18,20,21). The van der Waals surface area contributed by atoms with Crippen molar-refractivity contribution < 1.29 is 5.11 Å². The molecule has 0 unspecified atom stereocenters. The molecule has 0 spiro atoms. The smallest absolute Gasteiger partial charge is 0.227 e. The SMILES string of the molecule is Cc1nc(C2CC2)sc1-c1ccnc(Nc2cccc(O)c2)n1. The maximum Gasteiger partial charge on any atom is 0.227 e. The fourth-order valence-electron chi connectivity index (χ4n) is 2.42. The molecule has 0 aliphatic heterocycles. The van der Waals surface area contributed by atoms with Gasteiger partial charge in [0.05, 0.1) is 21.3 Å². The van der Waals surface area contributed by atoms with Crippen LogP contribution in [-0.4, -0.2) is 20.1 Å². The highest BCUT2D eigenvalue weighted by molar-refractivity contribution is 7.15. The summed E-state index contributed by atoms with van der Waals surface area (Å²) in [5.41, 5.74) is 2.66. The van der Waals surface area contributed by atoms with Crippen LogP contribution < -0.4 is 5.32 Å². The van der Waals surface area contributed by atoms with Crippen LogP contribution in [0.5, 0.6) is 5.75 Å². The van der Waals surface area contributed by atoms with E-state index in [0.29, 0.717) is 11.9 Å². The third-order valence-corrected chi connectivity index (χ3v) is 5.07. The van der Waals surface area contributed by atoms with E-state index in [1.807, 2.05) is 19.1 Å². The summed E-state index contributed by atoms with van der Waals surface area (Å²) in [5, 5.41) is 13.9. The second-order valence-corrected chi connectivity index (χ2v) is 6.71. The molecule has 0 bridgehead atoms. The van der Waals surface area contributed by atoms with Crippen LogP contribution in [0.2, 0.25) is 0 Å². The Bertz CT molecular complexity index is 857. The molecule has 4 rings (SSSR count). The van der Waals surface area contributed by atoms with Gasteiger partial charge in [0, 0.05) is 23.9 Å². The van der Waals surface area contributed by atoms with E-state index < -0.39 is 0 Å². The van der Waals surface area contributed by atoms with Crippen LogP contribution in [-0.2, 0) is 0 Å². The van der Waals surface area contributed by atoms with Gasteiger partial charge in [-0.3, -0.25) is 0 Å². The molecule has 1 aliphatic carbocycles. The van der Waals surface area contributed by atoms with Gasteiger partial charge in [-0.05, 0) is 38.0 Å². The van der Waals surface area contributed by atoms with E-state index in [0.717, 1.165) is 22.0 Å². The third-order valence-electron chi connectivity index (χ3n) is 3.73. The lowest BCUT2D eigenvalue weighted by Crippen LogP contribution is -1.97. The fourth-order valence-corrected chi connectivity index (χ4v) is 3.62. The van der Waals surface area contributed by atoms with E-state index in [4.69, 9.17) is 0 Å². The summed E-state index contributed by atoms with van der Waals surface area (Å²) >= 11 is 1.73. The molecule has 5 nitrogen and oxygen atoms in total. The van der Waals surface area contributed by atoms with Crippen LogP contribution in [0, 0.1) is 6.92 Å². The molecular formula is C17H16N4OS. The summed E-state index contributed by atoms with van der Waals surface area (Å²) in [6.07, 6.45) is 4.24. The van der Waals surface area contributed by atoms with Gasteiger partial charge in [-0.2, -0.15) is 0 Å². The van der Waals surface area contributed by atoms with Crippen molar-refractivity contribution in [1.29, 1.82) is 0 Å². The minimum atomic E-state index is 0.207. The van der Waals surface area contributed by atoms with Crippen LogP contribution in [0.4, 0.5) is 11.6 Å². The summed E-state index contributed by atoms with van der Waals surface area (Å²) in [4.78, 5) is 14.6. The summed E-state index contributed by atoms with van der Waals surface area (Å²) in [7, 11) is 0. The largest absolute Gasteiger partial charge is 0.508 e. The zero-order valence-corrected chi connectivity index (χ0v) is 13.5. The highest BCUT2D eigenvalue weighted by Gasteiger charge is 2.28. The van der Waals surface area contributed by atoms with Crippen molar-refractivity contribution in [2.45, 2.75) is 25.7 Å². The Labute approximate surface area is 138 Å². The first-order valence-corrected chi connectivity index (χ1v) is 8.37. The van der Waals surface area contributed by atoms with Gasteiger partial charge in [-0.25, -0.2) is 15.0 Å². The van der Waals surface area contributed by atoms with Gasteiger partial charge in [-0.15, -0.1) is 11.3 Å². The lowest BCUT2D eigenvalue weighted by molar-refractivity contribution is 0.475. The number of phenolic OH excluding ortho intramolecular Hbond substituents is 1. The molecule has 0 saturated heterocycles. The topological polar surface area (TPSA) is 70.9 Å². The van der Waals surface area contributed by atoms with Crippen LogP contribution in [0.1, 0.15) is 29.5 Å². The monoisotopic (exact) mass is 324 g/mol. The van der Waals surface area contributed by atoms with Gasteiger partial charge in [0.2, 0.25) is 5.95 Å².